The van der Waals surface area contributed by atoms with Gasteiger partial charge in [-0.2, -0.15) is 0 Å². The van der Waals surface area contributed by atoms with Gasteiger partial charge in [-0.25, -0.2) is 9.97 Å². The predicted molar refractivity (Wildman–Crippen MR) is 83.7 cm³/mol. The molecule has 3 rings (SSSR count). The number of hydrogen-bond donors (Lipinski definition) is 1. The van der Waals surface area contributed by atoms with E-state index in [1.807, 2.05) is 24.3 Å². The maximum Gasteiger partial charge on any atom is 0.240 e. The molecule has 22 heavy (non-hydrogen) atoms. The van der Waals surface area contributed by atoms with Gasteiger partial charge in [-0.05, 0) is 19.1 Å². The third-order valence-corrected chi connectivity index (χ3v) is 4.50. The number of nitrogens with zero attached hydrogens (tertiary/aromatic N) is 2. The molecule has 6 nitrogen and oxygen atoms in total. The summed E-state index contributed by atoms with van der Waals surface area (Å²) in [5.74, 6) is -0.604. The molecule has 2 aromatic heterocycles. The van der Waals surface area contributed by atoms with Gasteiger partial charge >= 0.3 is 0 Å². The quantitative estimate of drug-likeness (QED) is 0.451. The van der Waals surface area contributed by atoms with E-state index < -0.39 is 5.25 Å². The third-order valence-electron chi connectivity index (χ3n) is 3.21. The lowest BCUT2D eigenvalue weighted by molar-refractivity contribution is -0.126. The van der Waals surface area contributed by atoms with Crippen molar-refractivity contribution in [2.24, 2.45) is 0 Å². The van der Waals surface area contributed by atoms with Crippen molar-refractivity contribution in [1.29, 1.82) is 0 Å². The van der Waals surface area contributed by atoms with E-state index in [4.69, 9.17) is 4.42 Å². The van der Waals surface area contributed by atoms with E-state index in [2.05, 4.69) is 15.3 Å². The fraction of sp³-hybridized carbons (Fsp3) is 0.200. The van der Waals surface area contributed by atoms with Gasteiger partial charge in [0.1, 0.15) is 27.7 Å². The summed E-state index contributed by atoms with van der Waals surface area (Å²) >= 11 is 1.07. The average molecular weight is 315 g/mol. The van der Waals surface area contributed by atoms with Crippen LogP contribution in [0.5, 0.6) is 0 Å². The number of nitrogens with one attached hydrogen (secondary N) is 1. The molecule has 0 saturated heterocycles. The fourth-order valence-corrected chi connectivity index (χ4v) is 3.12. The minimum Gasteiger partial charge on any atom is -0.451 e. The van der Waals surface area contributed by atoms with Gasteiger partial charge in [-0.1, -0.05) is 23.9 Å². The number of rotatable bonds is 4. The molecular formula is C15H13N3O3S. The SMILES string of the molecule is CNC(=O)[C@@H](Sc1ncnc2c1oc1ccccc12)C(C)=O. The van der Waals surface area contributed by atoms with Crippen molar-refractivity contribution >= 4 is 45.5 Å². The zero-order valence-electron chi connectivity index (χ0n) is 12.0. The highest BCUT2D eigenvalue weighted by atomic mass is 32.2. The van der Waals surface area contributed by atoms with Crippen LogP contribution in [0.4, 0.5) is 0 Å². The van der Waals surface area contributed by atoms with Crippen molar-refractivity contribution in [2.75, 3.05) is 7.05 Å². The van der Waals surface area contributed by atoms with E-state index in [1.165, 1.54) is 20.3 Å². The molecule has 7 heteroatoms. The van der Waals surface area contributed by atoms with Crippen LogP contribution in [0.3, 0.4) is 0 Å². The van der Waals surface area contributed by atoms with Crippen LogP contribution in [-0.4, -0.2) is 34.0 Å². The highest BCUT2D eigenvalue weighted by Gasteiger charge is 2.26. The van der Waals surface area contributed by atoms with E-state index in [0.29, 0.717) is 21.7 Å². The van der Waals surface area contributed by atoms with Crippen LogP contribution in [0.25, 0.3) is 22.1 Å². The van der Waals surface area contributed by atoms with Crippen molar-refractivity contribution < 1.29 is 14.0 Å². The van der Waals surface area contributed by atoms with Gasteiger partial charge in [0.2, 0.25) is 5.91 Å². The predicted octanol–water partition coefficient (Wildman–Crippen LogP) is 2.17. The van der Waals surface area contributed by atoms with Crippen molar-refractivity contribution in [2.45, 2.75) is 17.2 Å². The number of benzene rings is 1. The van der Waals surface area contributed by atoms with E-state index in [0.717, 1.165) is 17.1 Å². The number of para-hydroxylation sites is 1. The Hall–Kier alpha value is -2.41. The van der Waals surface area contributed by atoms with Crippen LogP contribution < -0.4 is 5.32 Å². The molecule has 1 amide bonds. The Morgan fingerprint density at radius 2 is 2.05 bits per heavy atom. The van der Waals surface area contributed by atoms with Gasteiger partial charge < -0.3 is 9.73 Å². The molecule has 0 radical (unpaired) electrons. The Morgan fingerprint density at radius 3 is 2.77 bits per heavy atom. The third kappa shape index (κ3) is 2.43. The Labute approximate surface area is 130 Å². The lowest BCUT2D eigenvalue weighted by Gasteiger charge is -2.10. The largest absolute Gasteiger partial charge is 0.451 e. The van der Waals surface area contributed by atoms with Gasteiger partial charge in [0.15, 0.2) is 11.4 Å². The number of Topliss-reactive ketones (excluding diaryl/α,β-unsaturated/α-hetero) is 1. The molecule has 1 aromatic carbocycles. The average Bonchev–Trinajstić information content (AvgIpc) is 2.91. The zero-order chi connectivity index (χ0) is 15.7. The van der Waals surface area contributed by atoms with Crippen LogP contribution in [0, 0.1) is 0 Å². The smallest absolute Gasteiger partial charge is 0.240 e. The van der Waals surface area contributed by atoms with Crippen molar-refractivity contribution in [3.05, 3.63) is 30.6 Å². The number of ketones is 1. The molecule has 0 fully saturated rings. The monoisotopic (exact) mass is 315 g/mol. The number of furan rings is 1. The normalized spacial score (nSPS) is 12.5. The highest BCUT2D eigenvalue weighted by Crippen LogP contribution is 2.34. The number of amides is 1. The minimum absolute atomic E-state index is 0.243. The number of carbonyl (C=O) groups is 2. The minimum atomic E-state index is -0.865. The van der Waals surface area contributed by atoms with E-state index in [9.17, 15) is 9.59 Å². The lowest BCUT2D eigenvalue weighted by Crippen LogP contribution is -2.34. The first-order chi connectivity index (χ1) is 10.6. The van der Waals surface area contributed by atoms with Crippen molar-refractivity contribution in [1.82, 2.24) is 15.3 Å². The van der Waals surface area contributed by atoms with Gasteiger partial charge in [0, 0.05) is 12.4 Å². The van der Waals surface area contributed by atoms with Gasteiger partial charge in [-0.15, -0.1) is 0 Å². The Balaban J connectivity index is 2.11. The first-order valence-corrected chi connectivity index (χ1v) is 7.50. The standard InChI is InChI=1S/C15H13N3O3S/c1-8(19)13(14(20)16-2)22-15-12-11(17-7-18-15)9-5-3-4-6-10(9)21-12/h3-7,13H,1-2H3,(H,16,20)/t13-/m0/s1. The second-order valence-corrected chi connectivity index (χ2v) is 5.77. The first-order valence-electron chi connectivity index (χ1n) is 6.62. The fourth-order valence-electron chi connectivity index (χ4n) is 2.15. The number of hydrogen-bond acceptors (Lipinski definition) is 6. The lowest BCUT2D eigenvalue weighted by atomic mass is 10.2. The number of carbonyl (C=O) groups excluding carboxylic acids is 2. The second-order valence-electron chi connectivity index (χ2n) is 4.68. The molecule has 1 N–H and O–H groups in total. The summed E-state index contributed by atoms with van der Waals surface area (Å²) < 4.78 is 5.79. The first kappa shape index (κ1) is 14.5. The number of aromatic nitrogens is 2. The summed E-state index contributed by atoms with van der Waals surface area (Å²) in [6.07, 6.45) is 1.41. The highest BCUT2D eigenvalue weighted by molar-refractivity contribution is 8.01. The summed E-state index contributed by atoms with van der Waals surface area (Å²) in [5, 5.41) is 2.97. The summed E-state index contributed by atoms with van der Waals surface area (Å²) in [6, 6.07) is 7.51. The molecule has 112 valence electrons. The molecule has 3 aromatic rings. The molecule has 2 heterocycles. The van der Waals surface area contributed by atoms with Gasteiger partial charge in [0.25, 0.3) is 0 Å². The number of fused-ring (bicyclic) bond motifs is 3. The summed E-state index contributed by atoms with van der Waals surface area (Å²) in [5.41, 5.74) is 1.86. The molecule has 0 spiro atoms. The van der Waals surface area contributed by atoms with Crippen LogP contribution in [0.1, 0.15) is 6.92 Å². The summed E-state index contributed by atoms with van der Waals surface area (Å²) in [4.78, 5) is 32.0. The molecule has 0 aliphatic heterocycles. The molecule has 0 saturated carbocycles. The van der Waals surface area contributed by atoms with Crippen molar-refractivity contribution in [3.63, 3.8) is 0 Å². The molecule has 0 aliphatic rings. The summed E-state index contributed by atoms with van der Waals surface area (Å²) in [6.45, 7) is 1.38. The topological polar surface area (TPSA) is 85.1 Å². The van der Waals surface area contributed by atoms with E-state index >= 15 is 0 Å². The number of thioether (sulfide) groups is 1. The van der Waals surface area contributed by atoms with Crippen LogP contribution in [0.15, 0.2) is 40.0 Å². The molecule has 0 bridgehead atoms. The van der Waals surface area contributed by atoms with E-state index in [1.54, 1.807) is 0 Å². The second kappa shape index (κ2) is 5.76. The van der Waals surface area contributed by atoms with Gasteiger partial charge in [-0.3, -0.25) is 9.59 Å². The van der Waals surface area contributed by atoms with Crippen LogP contribution in [0.2, 0.25) is 0 Å². The Morgan fingerprint density at radius 1 is 1.27 bits per heavy atom. The maximum atomic E-state index is 11.8. The van der Waals surface area contributed by atoms with Crippen LogP contribution >= 0.6 is 11.8 Å². The Kier molecular flexibility index (Phi) is 3.81. The maximum absolute atomic E-state index is 11.8. The van der Waals surface area contributed by atoms with Gasteiger partial charge in [0.05, 0.1) is 0 Å². The van der Waals surface area contributed by atoms with Crippen molar-refractivity contribution in [3.8, 4) is 0 Å². The van der Waals surface area contributed by atoms with Crippen LogP contribution in [-0.2, 0) is 9.59 Å². The van der Waals surface area contributed by atoms with E-state index in [-0.39, 0.29) is 11.7 Å². The molecular weight excluding hydrogens is 302 g/mol. The Bertz CT molecular complexity index is 875. The molecule has 1 atom stereocenters. The molecule has 0 unspecified atom stereocenters. The molecule has 0 aliphatic carbocycles. The zero-order valence-corrected chi connectivity index (χ0v) is 12.8. The summed E-state index contributed by atoms with van der Waals surface area (Å²) in [7, 11) is 1.50.